The number of rotatable bonds is 5. The van der Waals surface area contributed by atoms with Gasteiger partial charge in [-0.15, -0.1) is 0 Å². The van der Waals surface area contributed by atoms with Crippen LogP contribution in [0, 0.1) is 11.2 Å². The molecular formula is C15H20FNO2. The number of carbonyl (C=O) groups excluding carboxylic acids is 1. The second-order valence-electron chi connectivity index (χ2n) is 5.54. The molecule has 1 aromatic rings. The lowest BCUT2D eigenvalue weighted by Crippen LogP contribution is -2.51. The Labute approximate surface area is 113 Å². The fraction of sp³-hybridized carbons (Fsp3) is 0.533. The number of anilines is 1. The molecule has 1 aromatic carbocycles. The molecule has 0 spiro atoms. The van der Waals surface area contributed by atoms with Crippen molar-refractivity contribution in [3.63, 3.8) is 0 Å². The second-order valence-corrected chi connectivity index (χ2v) is 5.54. The zero-order chi connectivity index (χ0) is 14.1. The molecule has 1 atom stereocenters. The van der Waals surface area contributed by atoms with E-state index in [-0.39, 0.29) is 17.2 Å². The van der Waals surface area contributed by atoms with Gasteiger partial charge in [-0.2, -0.15) is 0 Å². The van der Waals surface area contributed by atoms with Crippen LogP contribution in [0.25, 0.3) is 0 Å². The molecule has 0 amide bonds. The molecule has 0 saturated heterocycles. The van der Waals surface area contributed by atoms with E-state index in [1.807, 2.05) is 6.92 Å². The monoisotopic (exact) mass is 265 g/mol. The van der Waals surface area contributed by atoms with E-state index in [2.05, 4.69) is 12.2 Å². The SMILES string of the molecule is CCOC(=O)C(C)(Nc1cccc(F)c1)C1(C)CC1. The summed E-state index contributed by atoms with van der Waals surface area (Å²) in [6.07, 6.45) is 1.93. The first kappa shape index (κ1) is 13.8. The molecule has 0 heterocycles. The lowest BCUT2D eigenvalue weighted by atomic mass is 9.83. The highest BCUT2D eigenvalue weighted by Gasteiger charge is 2.58. The fourth-order valence-electron chi connectivity index (χ4n) is 2.27. The Balaban J connectivity index is 2.26. The van der Waals surface area contributed by atoms with E-state index in [9.17, 15) is 9.18 Å². The van der Waals surface area contributed by atoms with Gasteiger partial charge in [0.15, 0.2) is 0 Å². The van der Waals surface area contributed by atoms with Crippen molar-refractivity contribution in [3.8, 4) is 0 Å². The molecule has 19 heavy (non-hydrogen) atoms. The van der Waals surface area contributed by atoms with Crippen LogP contribution in [0.4, 0.5) is 10.1 Å². The largest absolute Gasteiger partial charge is 0.464 e. The minimum Gasteiger partial charge on any atom is -0.464 e. The third-order valence-electron chi connectivity index (χ3n) is 4.11. The molecule has 1 N–H and O–H groups in total. The Kier molecular flexibility index (Phi) is 3.52. The molecule has 1 aliphatic carbocycles. The van der Waals surface area contributed by atoms with Crippen molar-refractivity contribution in [2.75, 3.05) is 11.9 Å². The maximum Gasteiger partial charge on any atom is 0.332 e. The maximum absolute atomic E-state index is 13.2. The van der Waals surface area contributed by atoms with Crippen LogP contribution in [0.2, 0.25) is 0 Å². The third kappa shape index (κ3) is 2.57. The molecule has 2 rings (SSSR count). The van der Waals surface area contributed by atoms with Gasteiger partial charge >= 0.3 is 5.97 Å². The van der Waals surface area contributed by atoms with Crippen molar-refractivity contribution in [3.05, 3.63) is 30.1 Å². The summed E-state index contributed by atoms with van der Waals surface area (Å²) in [5.41, 5.74) is -0.355. The number of benzene rings is 1. The van der Waals surface area contributed by atoms with Crippen LogP contribution in [0.1, 0.15) is 33.6 Å². The molecule has 0 radical (unpaired) electrons. The van der Waals surface area contributed by atoms with Crippen molar-refractivity contribution in [1.29, 1.82) is 0 Å². The average Bonchev–Trinajstić information content (AvgIpc) is 3.09. The summed E-state index contributed by atoms with van der Waals surface area (Å²) in [6, 6.07) is 6.15. The first-order valence-electron chi connectivity index (χ1n) is 6.62. The minimum atomic E-state index is -0.823. The normalized spacial score (nSPS) is 19.4. The Morgan fingerprint density at radius 2 is 2.21 bits per heavy atom. The number of ether oxygens (including phenoxy) is 1. The zero-order valence-corrected chi connectivity index (χ0v) is 11.6. The van der Waals surface area contributed by atoms with Crippen LogP contribution in [-0.2, 0) is 9.53 Å². The van der Waals surface area contributed by atoms with Crippen LogP contribution >= 0.6 is 0 Å². The van der Waals surface area contributed by atoms with Gasteiger partial charge in [0, 0.05) is 11.1 Å². The van der Waals surface area contributed by atoms with E-state index >= 15 is 0 Å². The summed E-state index contributed by atoms with van der Waals surface area (Å²) < 4.78 is 18.4. The van der Waals surface area contributed by atoms with E-state index < -0.39 is 5.54 Å². The van der Waals surface area contributed by atoms with E-state index in [1.165, 1.54) is 12.1 Å². The van der Waals surface area contributed by atoms with E-state index in [0.717, 1.165) is 12.8 Å². The van der Waals surface area contributed by atoms with Crippen molar-refractivity contribution >= 4 is 11.7 Å². The van der Waals surface area contributed by atoms with Gasteiger partial charge in [0.1, 0.15) is 11.4 Å². The summed E-state index contributed by atoms with van der Waals surface area (Å²) >= 11 is 0. The van der Waals surface area contributed by atoms with Crippen molar-refractivity contribution in [2.24, 2.45) is 5.41 Å². The van der Waals surface area contributed by atoms with Crippen LogP contribution < -0.4 is 5.32 Å². The number of hydrogen-bond donors (Lipinski definition) is 1. The first-order valence-corrected chi connectivity index (χ1v) is 6.62. The molecular weight excluding hydrogens is 245 g/mol. The Morgan fingerprint density at radius 3 is 2.74 bits per heavy atom. The Bertz CT molecular complexity index is 485. The summed E-state index contributed by atoms with van der Waals surface area (Å²) in [7, 11) is 0. The fourth-order valence-corrected chi connectivity index (χ4v) is 2.27. The summed E-state index contributed by atoms with van der Waals surface area (Å²) in [6.45, 7) is 6.02. The molecule has 1 fully saturated rings. The molecule has 104 valence electrons. The number of nitrogens with one attached hydrogen (secondary N) is 1. The van der Waals surface area contributed by atoms with Gasteiger partial charge in [-0.3, -0.25) is 0 Å². The van der Waals surface area contributed by atoms with Gasteiger partial charge in [0.05, 0.1) is 6.61 Å². The third-order valence-corrected chi connectivity index (χ3v) is 4.11. The average molecular weight is 265 g/mol. The quantitative estimate of drug-likeness (QED) is 0.830. The topological polar surface area (TPSA) is 38.3 Å². The maximum atomic E-state index is 13.2. The highest BCUT2D eigenvalue weighted by molar-refractivity contribution is 5.86. The lowest BCUT2D eigenvalue weighted by Gasteiger charge is -2.35. The van der Waals surface area contributed by atoms with Gasteiger partial charge in [0.25, 0.3) is 0 Å². The first-order chi connectivity index (χ1) is 8.91. The molecule has 4 heteroatoms. The summed E-state index contributed by atoms with van der Waals surface area (Å²) in [4.78, 5) is 12.3. The Morgan fingerprint density at radius 1 is 1.53 bits per heavy atom. The number of hydrogen-bond acceptors (Lipinski definition) is 3. The second kappa shape index (κ2) is 4.83. The summed E-state index contributed by atoms with van der Waals surface area (Å²) in [5, 5.41) is 3.17. The smallest absolute Gasteiger partial charge is 0.332 e. The molecule has 0 bridgehead atoms. The van der Waals surface area contributed by atoms with Crippen LogP contribution in [0.15, 0.2) is 24.3 Å². The van der Waals surface area contributed by atoms with Crippen LogP contribution in [0.5, 0.6) is 0 Å². The highest BCUT2D eigenvalue weighted by atomic mass is 19.1. The molecule has 3 nitrogen and oxygen atoms in total. The van der Waals surface area contributed by atoms with Gasteiger partial charge in [-0.25, -0.2) is 9.18 Å². The lowest BCUT2D eigenvalue weighted by molar-refractivity contribution is -0.150. The van der Waals surface area contributed by atoms with Crippen molar-refractivity contribution in [1.82, 2.24) is 0 Å². The van der Waals surface area contributed by atoms with Crippen LogP contribution in [-0.4, -0.2) is 18.1 Å². The van der Waals surface area contributed by atoms with E-state index in [4.69, 9.17) is 4.74 Å². The molecule has 0 aromatic heterocycles. The highest BCUT2D eigenvalue weighted by Crippen LogP contribution is 2.55. The van der Waals surface area contributed by atoms with Gasteiger partial charge < -0.3 is 10.1 Å². The number of esters is 1. The zero-order valence-electron chi connectivity index (χ0n) is 11.6. The van der Waals surface area contributed by atoms with Gasteiger partial charge in [0.2, 0.25) is 0 Å². The van der Waals surface area contributed by atoms with E-state index in [1.54, 1.807) is 19.1 Å². The standard InChI is InChI=1S/C15H20FNO2/c1-4-19-13(18)15(3,14(2)8-9-14)17-12-7-5-6-11(16)10-12/h5-7,10,17H,4,8-9H2,1-3H3. The number of carbonyl (C=O) groups is 1. The molecule has 1 aliphatic rings. The van der Waals surface area contributed by atoms with Crippen molar-refractivity contribution in [2.45, 2.75) is 39.2 Å². The van der Waals surface area contributed by atoms with E-state index in [0.29, 0.717) is 12.3 Å². The Hall–Kier alpha value is -1.58. The van der Waals surface area contributed by atoms with Crippen molar-refractivity contribution < 1.29 is 13.9 Å². The number of halogens is 1. The molecule has 0 aliphatic heterocycles. The molecule has 1 saturated carbocycles. The minimum absolute atomic E-state index is 0.133. The van der Waals surface area contributed by atoms with Gasteiger partial charge in [-0.1, -0.05) is 13.0 Å². The van der Waals surface area contributed by atoms with Gasteiger partial charge in [-0.05, 0) is 44.9 Å². The predicted molar refractivity (Wildman–Crippen MR) is 72.4 cm³/mol. The van der Waals surface area contributed by atoms with Crippen LogP contribution in [0.3, 0.4) is 0 Å². The predicted octanol–water partition coefficient (Wildman–Crippen LogP) is 3.36. The summed E-state index contributed by atoms with van der Waals surface area (Å²) in [5.74, 6) is -0.601. The molecule has 1 unspecified atom stereocenters.